The highest BCUT2D eigenvalue weighted by molar-refractivity contribution is 5.95. The molecule has 0 aliphatic carbocycles. The Morgan fingerprint density at radius 1 is 1.42 bits per heavy atom. The highest BCUT2D eigenvalue weighted by Crippen LogP contribution is 2.22. The quantitative estimate of drug-likeness (QED) is 0.840. The van der Waals surface area contributed by atoms with Gasteiger partial charge in [-0.1, -0.05) is 6.92 Å². The predicted octanol–water partition coefficient (Wildman–Crippen LogP) is 0.894. The Morgan fingerprint density at radius 2 is 2.11 bits per heavy atom. The van der Waals surface area contributed by atoms with Gasteiger partial charge in [0, 0.05) is 26.2 Å². The number of aromatic carboxylic acids is 1. The maximum atomic E-state index is 11.3. The number of nitrogens with zero attached hydrogens (tertiary/aromatic N) is 3. The predicted molar refractivity (Wildman–Crippen MR) is 74.6 cm³/mol. The molecule has 0 unspecified atom stereocenters. The van der Waals surface area contributed by atoms with Crippen LogP contribution in [0.25, 0.3) is 0 Å². The highest BCUT2D eigenvalue weighted by Gasteiger charge is 2.21. The van der Waals surface area contributed by atoms with Crippen molar-refractivity contribution in [2.45, 2.75) is 13.3 Å². The van der Waals surface area contributed by atoms with Crippen molar-refractivity contribution in [2.24, 2.45) is 0 Å². The van der Waals surface area contributed by atoms with Crippen LogP contribution in [-0.2, 0) is 0 Å². The van der Waals surface area contributed by atoms with Crippen LogP contribution < -0.4 is 10.6 Å². The van der Waals surface area contributed by atoms with Crippen molar-refractivity contribution in [3.8, 4) is 0 Å². The summed E-state index contributed by atoms with van der Waals surface area (Å²) in [5, 5.41) is 9.24. The van der Waals surface area contributed by atoms with E-state index >= 15 is 0 Å². The second-order valence-corrected chi connectivity index (χ2v) is 4.76. The fraction of sp³-hybridized carbons (Fsp3) is 0.538. The number of nitrogen functional groups attached to an aromatic ring is 1. The van der Waals surface area contributed by atoms with E-state index in [2.05, 4.69) is 21.7 Å². The molecule has 0 spiro atoms. The SMILES string of the molecule is CCCN1CCN(c2cnc(N)cc2C(=O)O)CC1. The number of pyridine rings is 1. The first-order valence-corrected chi connectivity index (χ1v) is 6.58. The summed E-state index contributed by atoms with van der Waals surface area (Å²) in [4.78, 5) is 19.7. The Bertz CT molecular complexity index is 456. The second kappa shape index (κ2) is 5.88. The average molecular weight is 264 g/mol. The number of carboxylic acids is 1. The molecule has 6 heteroatoms. The molecule has 0 amide bonds. The summed E-state index contributed by atoms with van der Waals surface area (Å²) in [6, 6.07) is 1.43. The summed E-state index contributed by atoms with van der Waals surface area (Å²) < 4.78 is 0. The van der Waals surface area contributed by atoms with Gasteiger partial charge in [-0.2, -0.15) is 0 Å². The van der Waals surface area contributed by atoms with Crippen molar-refractivity contribution < 1.29 is 9.90 Å². The maximum absolute atomic E-state index is 11.3. The first kappa shape index (κ1) is 13.6. The normalized spacial score (nSPS) is 16.6. The van der Waals surface area contributed by atoms with E-state index in [-0.39, 0.29) is 11.4 Å². The molecule has 2 rings (SSSR count). The number of piperazine rings is 1. The number of nitrogens with two attached hydrogens (primary N) is 1. The molecule has 0 saturated carbocycles. The van der Waals surface area contributed by atoms with Crippen molar-refractivity contribution in [1.29, 1.82) is 0 Å². The van der Waals surface area contributed by atoms with Crippen LogP contribution in [-0.4, -0.2) is 53.7 Å². The minimum atomic E-state index is -0.958. The maximum Gasteiger partial charge on any atom is 0.338 e. The summed E-state index contributed by atoms with van der Waals surface area (Å²) in [7, 11) is 0. The van der Waals surface area contributed by atoms with Crippen LogP contribution in [0.4, 0.5) is 11.5 Å². The summed E-state index contributed by atoms with van der Waals surface area (Å²) in [5.74, 6) is -0.717. The number of rotatable bonds is 4. The molecule has 6 nitrogen and oxygen atoms in total. The first-order valence-electron chi connectivity index (χ1n) is 6.58. The minimum absolute atomic E-state index is 0.233. The molecule has 1 fully saturated rings. The fourth-order valence-electron chi connectivity index (χ4n) is 2.42. The highest BCUT2D eigenvalue weighted by atomic mass is 16.4. The smallest absolute Gasteiger partial charge is 0.338 e. The van der Waals surface area contributed by atoms with Crippen LogP contribution in [0, 0.1) is 0 Å². The standard InChI is InChI=1S/C13H20N4O2/c1-2-3-16-4-6-17(7-5-16)11-9-15-12(14)8-10(11)13(18)19/h8-9H,2-7H2,1H3,(H2,14,15)(H,18,19). The molecule has 3 N–H and O–H groups in total. The molecule has 1 aromatic heterocycles. The van der Waals surface area contributed by atoms with Crippen molar-refractivity contribution in [1.82, 2.24) is 9.88 Å². The lowest BCUT2D eigenvalue weighted by atomic mass is 10.1. The zero-order valence-electron chi connectivity index (χ0n) is 11.2. The Balaban J connectivity index is 2.13. The van der Waals surface area contributed by atoms with Crippen LogP contribution in [0.5, 0.6) is 0 Å². The molecule has 0 radical (unpaired) electrons. The number of hydrogen-bond acceptors (Lipinski definition) is 5. The number of anilines is 2. The molecular weight excluding hydrogens is 244 g/mol. The Kier molecular flexibility index (Phi) is 4.21. The molecule has 104 valence electrons. The van der Waals surface area contributed by atoms with E-state index in [1.54, 1.807) is 6.20 Å². The van der Waals surface area contributed by atoms with Crippen LogP contribution in [0.15, 0.2) is 12.3 Å². The molecule has 2 heterocycles. The van der Waals surface area contributed by atoms with E-state index in [1.165, 1.54) is 6.07 Å². The van der Waals surface area contributed by atoms with Gasteiger partial charge in [0.2, 0.25) is 0 Å². The Hall–Kier alpha value is -1.82. The van der Waals surface area contributed by atoms with E-state index in [4.69, 9.17) is 5.73 Å². The van der Waals surface area contributed by atoms with Gasteiger partial charge in [0.15, 0.2) is 0 Å². The molecule has 19 heavy (non-hydrogen) atoms. The van der Waals surface area contributed by atoms with Gasteiger partial charge in [0.25, 0.3) is 0 Å². The van der Waals surface area contributed by atoms with E-state index < -0.39 is 5.97 Å². The van der Waals surface area contributed by atoms with E-state index in [0.717, 1.165) is 39.1 Å². The third-order valence-electron chi connectivity index (χ3n) is 3.39. The van der Waals surface area contributed by atoms with Crippen LogP contribution in [0.2, 0.25) is 0 Å². The lowest BCUT2D eigenvalue weighted by molar-refractivity contribution is 0.0697. The molecule has 1 aliphatic heterocycles. The van der Waals surface area contributed by atoms with Gasteiger partial charge >= 0.3 is 5.97 Å². The zero-order valence-corrected chi connectivity index (χ0v) is 11.2. The van der Waals surface area contributed by atoms with Crippen molar-refractivity contribution in [3.63, 3.8) is 0 Å². The summed E-state index contributed by atoms with van der Waals surface area (Å²) in [6.07, 6.45) is 2.71. The van der Waals surface area contributed by atoms with Crippen LogP contribution >= 0.6 is 0 Å². The molecule has 0 aromatic carbocycles. The largest absolute Gasteiger partial charge is 0.478 e. The average Bonchev–Trinajstić information content (AvgIpc) is 2.40. The van der Waals surface area contributed by atoms with Crippen molar-refractivity contribution in [2.75, 3.05) is 43.4 Å². The van der Waals surface area contributed by atoms with Gasteiger partial charge in [-0.15, -0.1) is 0 Å². The van der Waals surface area contributed by atoms with Gasteiger partial charge in [-0.05, 0) is 19.0 Å². The molecule has 0 bridgehead atoms. The second-order valence-electron chi connectivity index (χ2n) is 4.76. The van der Waals surface area contributed by atoms with Gasteiger partial charge in [0.1, 0.15) is 5.82 Å². The van der Waals surface area contributed by atoms with Crippen molar-refractivity contribution in [3.05, 3.63) is 17.8 Å². The minimum Gasteiger partial charge on any atom is -0.478 e. The third kappa shape index (κ3) is 3.14. The van der Waals surface area contributed by atoms with Crippen molar-refractivity contribution >= 4 is 17.5 Å². The van der Waals surface area contributed by atoms with E-state index in [0.29, 0.717) is 5.69 Å². The Morgan fingerprint density at radius 3 is 2.68 bits per heavy atom. The summed E-state index contributed by atoms with van der Waals surface area (Å²) in [5.41, 5.74) is 6.45. The van der Waals surface area contributed by atoms with Crippen LogP contribution in [0.3, 0.4) is 0 Å². The molecule has 1 aliphatic rings. The summed E-state index contributed by atoms with van der Waals surface area (Å²) in [6.45, 7) is 6.82. The molecular formula is C13H20N4O2. The zero-order chi connectivity index (χ0) is 13.8. The van der Waals surface area contributed by atoms with Gasteiger partial charge in [-0.25, -0.2) is 9.78 Å². The third-order valence-corrected chi connectivity index (χ3v) is 3.39. The summed E-state index contributed by atoms with van der Waals surface area (Å²) >= 11 is 0. The van der Waals surface area contributed by atoms with Gasteiger partial charge in [-0.3, -0.25) is 4.90 Å². The van der Waals surface area contributed by atoms with Gasteiger partial charge < -0.3 is 15.7 Å². The number of aromatic nitrogens is 1. The molecule has 0 atom stereocenters. The number of carbonyl (C=O) groups is 1. The Labute approximate surface area is 112 Å². The fourth-order valence-corrected chi connectivity index (χ4v) is 2.42. The number of hydrogen-bond donors (Lipinski definition) is 2. The van der Waals surface area contributed by atoms with E-state index in [1.807, 2.05) is 0 Å². The lowest BCUT2D eigenvalue weighted by Crippen LogP contribution is -2.47. The number of carboxylic acid groups (broad SMARTS) is 1. The topological polar surface area (TPSA) is 82.7 Å². The monoisotopic (exact) mass is 264 g/mol. The molecule has 1 saturated heterocycles. The van der Waals surface area contributed by atoms with E-state index in [9.17, 15) is 9.90 Å². The van der Waals surface area contributed by atoms with Gasteiger partial charge in [0.05, 0.1) is 17.4 Å². The van der Waals surface area contributed by atoms with Crippen LogP contribution in [0.1, 0.15) is 23.7 Å². The molecule has 1 aromatic rings. The first-order chi connectivity index (χ1) is 9.11. The lowest BCUT2D eigenvalue weighted by Gasteiger charge is -2.36.